The lowest BCUT2D eigenvalue weighted by molar-refractivity contribution is -0.275. The van der Waals surface area contributed by atoms with Gasteiger partial charge in [-0.2, -0.15) is 0 Å². The summed E-state index contributed by atoms with van der Waals surface area (Å²) in [6.07, 6.45) is -0.505. The van der Waals surface area contributed by atoms with Gasteiger partial charge in [-0.15, -0.1) is 13.2 Å². The van der Waals surface area contributed by atoms with E-state index in [9.17, 15) is 22.0 Å². The minimum atomic E-state index is -4.99. The molecule has 0 aliphatic rings. The summed E-state index contributed by atoms with van der Waals surface area (Å²) in [5.74, 6) is -2.80. The van der Waals surface area contributed by atoms with Crippen molar-refractivity contribution in [2.24, 2.45) is 0 Å². The molecule has 4 rings (SSSR count). The first-order chi connectivity index (χ1) is 17.6. The molecular formula is C30H26F6O. The zero-order chi connectivity index (χ0) is 26.6. The molecule has 0 unspecified atom stereocenters. The Morgan fingerprint density at radius 2 is 1.43 bits per heavy atom. The third-order valence-corrected chi connectivity index (χ3v) is 6.35. The van der Waals surface area contributed by atoms with Crippen LogP contribution in [0.4, 0.5) is 26.3 Å². The van der Waals surface area contributed by atoms with Gasteiger partial charge in [-0.1, -0.05) is 62.2 Å². The average molecular weight is 517 g/mol. The van der Waals surface area contributed by atoms with E-state index in [1.165, 1.54) is 6.07 Å². The van der Waals surface area contributed by atoms with Crippen molar-refractivity contribution in [1.82, 2.24) is 0 Å². The molecule has 0 saturated carbocycles. The van der Waals surface area contributed by atoms with Gasteiger partial charge in [0.25, 0.3) is 0 Å². The Morgan fingerprint density at radius 1 is 0.703 bits per heavy atom. The molecule has 1 nitrogen and oxygen atoms in total. The molecule has 0 aromatic heterocycles. The minimum absolute atomic E-state index is 0.219. The summed E-state index contributed by atoms with van der Waals surface area (Å²) in [6.45, 7) is 2.12. The molecule has 0 aliphatic carbocycles. The van der Waals surface area contributed by atoms with E-state index in [1.807, 2.05) is 6.07 Å². The third-order valence-electron chi connectivity index (χ3n) is 6.35. The van der Waals surface area contributed by atoms with Gasteiger partial charge >= 0.3 is 6.36 Å². The maximum Gasteiger partial charge on any atom is 0.573 e. The van der Waals surface area contributed by atoms with Crippen LogP contribution in [-0.2, 0) is 19.3 Å². The Bertz CT molecular complexity index is 1390. The Kier molecular flexibility index (Phi) is 8.10. The van der Waals surface area contributed by atoms with Crippen LogP contribution in [0.3, 0.4) is 0 Å². The van der Waals surface area contributed by atoms with E-state index in [0.29, 0.717) is 33.0 Å². The summed E-state index contributed by atoms with van der Waals surface area (Å²) < 4.78 is 84.6. The monoisotopic (exact) mass is 516 g/mol. The van der Waals surface area contributed by atoms with Crippen molar-refractivity contribution in [3.63, 3.8) is 0 Å². The van der Waals surface area contributed by atoms with E-state index < -0.39 is 23.7 Å². The molecule has 194 valence electrons. The molecule has 0 aliphatic heterocycles. The summed E-state index contributed by atoms with van der Waals surface area (Å²) in [5.41, 5.74) is 2.85. The zero-order valence-corrected chi connectivity index (χ0v) is 20.3. The van der Waals surface area contributed by atoms with Crippen molar-refractivity contribution in [3.8, 4) is 16.9 Å². The Balaban J connectivity index is 1.49. The van der Waals surface area contributed by atoms with Crippen LogP contribution in [0.15, 0.2) is 66.7 Å². The topological polar surface area (TPSA) is 9.23 Å². The van der Waals surface area contributed by atoms with Crippen molar-refractivity contribution >= 4 is 10.8 Å². The number of alkyl halides is 3. The predicted molar refractivity (Wildman–Crippen MR) is 133 cm³/mol. The predicted octanol–water partition coefficient (Wildman–Crippen LogP) is 9.34. The lowest BCUT2D eigenvalue weighted by Gasteiger charge is -2.12. The highest BCUT2D eigenvalue weighted by Gasteiger charge is 2.32. The first kappa shape index (κ1) is 26.6. The molecule has 4 aromatic carbocycles. The highest BCUT2D eigenvalue weighted by molar-refractivity contribution is 5.88. The second kappa shape index (κ2) is 11.3. The van der Waals surface area contributed by atoms with Crippen LogP contribution in [0.1, 0.15) is 42.9 Å². The number of benzene rings is 4. The van der Waals surface area contributed by atoms with E-state index >= 15 is 4.39 Å². The average Bonchev–Trinajstić information content (AvgIpc) is 2.84. The van der Waals surface area contributed by atoms with E-state index in [2.05, 4.69) is 11.7 Å². The summed E-state index contributed by atoms with van der Waals surface area (Å²) in [5, 5.41) is 0.989. The maximum atomic E-state index is 15.2. The molecule has 0 atom stereocenters. The highest BCUT2D eigenvalue weighted by atomic mass is 19.4. The highest BCUT2D eigenvalue weighted by Crippen LogP contribution is 2.31. The van der Waals surface area contributed by atoms with Gasteiger partial charge in [-0.25, -0.2) is 13.2 Å². The molecule has 7 heteroatoms. The molecule has 0 N–H and O–H groups in total. The number of fused-ring (bicyclic) bond motifs is 1. The number of unbranched alkanes of at least 4 members (excludes halogenated alkanes) is 2. The summed E-state index contributed by atoms with van der Waals surface area (Å²) in [6, 6.07) is 16.8. The quantitative estimate of drug-likeness (QED) is 0.159. The second-order valence-corrected chi connectivity index (χ2v) is 9.06. The summed E-state index contributed by atoms with van der Waals surface area (Å²) in [4.78, 5) is 0. The van der Waals surface area contributed by atoms with Crippen molar-refractivity contribution in [3.05, 3.63) is 101 Å². The van der Waals surface area contributed by atoms with Crippen LogP contribution >= 0.6 is 0 Å². The first-order valence-corrected chi connectivity index (χ1v) is 12.2. The van der Waals surface area contributed by atoms with Crippen LogP contribution < -0.4 is 4.74 Å². The lowest BCUT2D eigenvalue weighted by atomic mass is 9.96. The van der Waals surface area contributed by atoms with E-state index in [1.54, 1.807) is 42.5 Å². The van der Waals surface area contributed by atoms with Crippen LogP contribution in [0, 0.1) is 17.5 Å². The number of aryl methyl sites for hydroxylation is 3. The van der Waals surface area contributed by atoms with Gasteiger partial charge in [0.05, 0.1) is 0 Å². The molecule has 0 amide bonds. The first-order valence-electron chi connectivity index (χ1n) is 12.2. The van der Waals surface area contributed by atoms with Crippen LogP contribution in [0.5, 0.6) is 5.75 Å². The molecule has 37 heavy (non-hydrogen) atoms. The molecule has 0 spiro atoms. The fourth-order valence-electron chi connectivity index (χ4n) is 4.41. The van der Waals surface area contributed by atoms with Crippen LogP contribution in [-0.4, -0.2) is 6.36 Å². The number of hydrogen-bond acceptors (Lipinski definition) is 1. The van der Waals surface area contributed by atoms with E-state index in [4.69, 9.17) is 0 Å². The normalized spacial score (nSPS) is 11.8. The van der Waals surface area contributed by atoms with Gasteiger partial charge in [-0.3, -0.25) is 0 Å². The van der Waals surface area contributed by atoms with Crippen LogP contribution in [0.25, 0.3) is 21.9 Å². The molecular weight excluding hydrogens is 490 g/mol. The number of hydrogen-bond donors (Lipinski definition) is 0. The number of ether oxygens (including phenoxy) is 1. The Labute approximate surface area is 211 Å². The fourth-order valence-corrected chi connectivity index (χ4v) is 4.41. The van der Waals surface area contributed by atoms with E-state index in [0.717, 1.165) is 43.4 Å². The number of rotatable bonds is 9. The van der Waals surface area contributed by atoms with E-state index in [-0.39, 0.29) is 18.7 Å². The standard InChI is InChI=1S/C30H26F6O/c1-2-3-4-5-19-7-13-24(26(31)16-19)22-12-14-25-23(18-22)11-10-21(29(25)33)9-6-20-8-15-28(27(32)17-20)37-30(34,35)36/h7-8,10-18H,2-6,9H2,1H3. The van der Waals surface area contributed by atoms with Crippen molar-refractivity contribution < 1.29 is 31.1 Å². The van der Waals surface area contributed by atoms with Gasteiger partial charge in [0.15, 0.2) is 11.6 Å². The van der Waals surface area contributed by atoms with Gasteiger partial charge in [0, 0.05) is 10.9 Å². The van der Waals surface area contributed by atoms with Gasteiger partial charge in [0.2, 0.25) is 0 Å². The molecule has 0 radical (unpaired) electrons. The Morgan fingerprint density at radius 3 is 2.14 bits per heavy atom. The van der Waals surface area contributed by atoms with Crippen LogP contribution in [0.2, 0.25) is 0 Å². The molecule has 0 saturated heterocycles. The second-order valence-electron chi connectivity index (χ2n) is 9.06. The minimum Gasteiger partial charge on any atom is -0.403 e. The zero-order valence-electron chi connectivity index (χ0n) is 20.3. The van der Waals surface area contributed by atoms with Gasteiger partial charge in [0.1, 0.15) is 11.6 Å². The molecule has 0 fully saturated rings. The summed E-state index contributed by atoms with van der Waals surface area (Å²) >= 11 is 0. The largest absolute Gasteiger partial charge is 0.573 e. The lowest BCUT2D eigenvalue weighted by Crippen LogP contribution is -2.18. The van der Waals surface area contributed by atoms with Crippen molar-refractivity contribution in [1.29, 1.82) is 0 Å². The van der Waals surface area contributed by atoms with Gasteiger partial charge < -0.3 is 4.74 Å². The SMILES string of the molecule is CCCCCc1ccc(-c2ccc3c(F)c(CCc4ccc(OC(F)(F)F)c(F)c4)ccc3c2)c(F)c1. The maximum absolute atomic E-state index is 15.2. The fraction of sp³-hybridized carbons (Fsp3) is 0.267. The van der Waals surface area contributed by atoms with Gasteiger partial charge in [-0.05, 0) is 77.6 Å². The summed E-state index contributed by atoms with van der Waals surface area (Å²) in [7, 11) is 0. The Hall–Kier alpha value is -3.48. The third kappa shape index (κ3) is 6.64. The molecule has 0 bridgehead atoms. The van der Waals surface area contributed by atoms with Crippen molar-refractivity contribution in [2.75, 3.05) is 0 Å². The number of halogens is 6. The molecule has 0 heterocycles. The molecule has 4 aromatic rings. The van der Waals surface area contributed by atoms with Crippen molar-refractivity contribution in [2.45, 2.75) is 51.8 Å². The smallest absolute Gasteiger partial charge is 0.403 e.